The van der Waals surface area contributed by atoms with Crippen LogP contribution >= 0.6 is 0 Å². The Labute approximate surface area is 91.2 Å². The van der Waals surface area contributed by atoms with Gasteiger partial charge < -0.3 is 4.74 Å². The van der Waals surface area contributed by atoms with E-state index in [9.17, 15) is 4.79 Å². The molecule has 1 rings (SSSR count). The van der Waals surface area contributed by atoms with Gasteiger partial charge >= 0.3 is 5.97 Å². The maximum atomic E-state index is 11.1. The van der Waals surface area contributed by atoms with Gasteiger partial charge in [0.1, 0.15) is 6.04 Å². The summed E-state index contributed by atoms with van der Waals surface area (Å²) in [5, 5.41) is 0. The lowest BCUT2D eigenvalue weighted by molar-refractivity contribution is -0.141. The number of hydrogen-bond donors (Lipinski definition) is 0. The number of allylic oxidation sites excluding steroid dienone is 2. The third-order valence-electron chi connectivity index (χ3n) is 2.79. The molecule has 0 heterocycles. The van der Waals surface area contributed by atoms with Crippen LogP contribution in [0.4, 0.5) is 0 Å². The van der Waals surface area contributed by atoms with Crippen molar-refractivity contribution in [1.29, 1.82) is 0 Å². The number of methoxy groups -OCH3 is 1. The largest absolute Gasteiger partial charge is 0.467 e. The van der Waals surface area contributed by atoms with Crippen molar-refractivity contribution < 1.29 is 9.53 Å². The highest BCUT2D eigenvalue weighted by molar-refractivity contribution is 5.78. The zero-order valence-electron chi connectivity index (χ0n) is 9.69. The summed E-state index contributed by atoms with van der Waals surface area (Å²) in [5.41, 5.74) is 0.108. The third kappa shape index (κ3) is 3.50. The smallest absolute Gasteiger partial charge is 0.330 e. The molecule has 0 N–H and O–H groups in total. The van der Waals surface area contributed by atoms with E-state index in [2.05, 4.69) is 28.8 Å². The summed E-state index contributed by atoms with van der Waals surface area (Å²) in [6.07, 6.45) is 9.48. The number of aliphatic imine (C=N–C) groups is 1. The van der Waals surface area contributed by atoms with Gasteiger partial charge in [0.25, 0.3) is 0 Å². The van der Waals surface area contributed by atoms with Crippen LogP contribution in [0, 0.1) is 5.41 Å². The fourth-order valence-corrected chi connectivity index (χ4v) is 1.63. The number of carbonyl (C=O) groups excluding carboxylic acids is 1. The van der Waals surface area contributed by atoms with E-state index in [0.29, 0.717) is 0 Å². The van der Waals surface area contributed by atoms with Gasteiger partial charge in [-0.05, 0) is 26.2 Å². The van der Waals surface area contributed by atoms with Gasteiger partial charge in [0, 0.05) is 11.6 Å². The Bertz CT molecular complexity index is 283. The molecule has 0 spiro atoms. The molecule has 2 atom stereocenters. The zero-order valence-corrected chi connectivity index (χ0v) is 9.69. The normalized spacial score (nSPS) is 27.9. The first kappa shape index (κ1) is 12.0. The molecule has 0 aliphatic heterocycles. The van der Waals surface area contributed by atoms with E-state index in [1.165, 1.54) is 7.11 Å². The number of carbonyl (C=O) groups is 1. The summed E-state index contributed by atoms with van der Waals surface area (Å²) in [5.74, 6) is -0.277. The Morgan fingerprint density at radius 2 is 2.33 bits per heavy atom. The number of nitrogens with zero attached hydrogens (tertiary/aromatic N) is 1. The molecule has 0 amide bonds. The summed E-state index contributed by atoms with van der Waals surface area (Å²) in [4.78, 5) is 15.4. The second-order valence-electron chi connectivity index (χ2n) is 4.35. The monoisotopic (exact) mass is 209 g/mol. The fourth-order valence-electron chi connectivity index (χ4n) is 1.63. The molecule has 1 aliphatic rings. The van der Waals surface area contributed by atoms with E-state index < -0.39 is 6.04 Å². The molecule has 84 valence electrons. The lowest BCUT2D eigenvalue weighted by Gasteiger charge is -2.26. The second kappa shape index (κ2) is 5.10. The Hall–Kier alpha value is -1.12. The first-order chi connectivity index (χ1) is 7.07. The Kier molecular flexibility index (Phi) is 4.06. The molecule has 1 aliphatic carbocycles. The summed E-state index contributed by atoms with van der Waals surface area (Å²) >= 11 is 0. The summed E-state index contributed by atoms with van der Waals surface area (Å²) in [6, 6.07) is -0.391. The van der Waals surface area contributed by atoms with Gasteiger partial charge in [0.2, 0.25) is 0 Å². The van der Waals surface area contributed by atoms with Crippen LogP contribution in [0.25, 0.3) is 0 Å². The first-order valence-corrected chi connectivity index (χ1v) is 5.34. The molecule has 3 heteroatoms. The molecule has 0 bridgehead atoms. The molecule has 0 aromatic rings. The van der Waals surface area contributed by atoms with Crippen LogP contribution in [0.15, 0.2) is 17.1 Å². The summed E-state index contributed by atoms with van der Waals surface area (Å²) in [7, 11) is 1.39. The maximum Gasteiger partial charge on any atom is 0.330 e. The Balaban J connectivity index is 2.56. The zero-order chi connectivity index (χ0) is 11.3. The number of hydrogen-bond acceptors (Lipinski definition) is 3. The Morgan fingerprint density at radius 1 is 1.60 bits per heavy atom. The first-order valence-electron chi connectivity index (χ1n) is 5.34. The number of esters is 1. The highest BCUT2D eigenvalue weighted by Gasteiger charge is 2.22. The van der Waals surface area contributed by atoms with Gasteiger partial charge in [-0.15, -0.1) is 0 Å². The predicted molar refractivity (Wildman–Crippen MR) is 61.1 cm³/mol. The molecule has 15 heavy (non-hydrogen) atoms. The van der Waals surface area contributed by atoms with Crippen LogP contribution in [0.5, 0.6) is 0 Å². The van der Waals surface area contributed by atoms with Crippen LogP contribution in [-0.4, -0.2) is 25.3 Å². The molecule has 2 unspecified atom stereocenters. The van der Waals surface area contributed by atoms with Gasteiger partial charge in [0.05, 0.1) is 7.11 Å². The Morgan fingerprint density at radius 3 is 2.87 bits per heavy atom. The summed E-state index contributed by atoms with van der Waals surface area (Å²) in [6.45, 7) is 3.92. The van der Waals surface area contributed by atoms with Crippen LogP contribution < -0.4 is 0 Å². The van der Waals surface area contributed by atoms with E-state index in [1.54, 1.807) is 6.92 Å². The molecular weight excluding hydrogens is 190 g/mol. The van der Waals surface area contributed by atoms with Crippen LogP contribution in [0.2, 0.25) is 0 Å². The van der Waals surface area contributed by atoms with Crippen molar-refractivity contribution in [2.45, 2.75) is 39.2 Å². The van der Waals surface area contributed by atoms with Crippen molar-refractivity contribution in [1.82, 2.24) is 0 Å². The van der Waals surface area contributed by atoms with E-state index in [0.717, 1.165) is 19.3 Å². The van der Waals surface area contributed by atoms with E-state index in [1.807, 2.05) is 6.21 Å². The standard InChI is InChI=1S/C12H19NO2/c1-10(11(14)15-3)13-9-12(2)7-5-4-6-8-12/h4-5,9-10H,6-8H2,1-3H3/b13-9+. The van der Waals surface area contributed by atoms with Crippen molar-refractivity contribution in [3.63, 3.8) is 0 Å². The molecular formula is C12H19NO2. The lowest BCUT2D eigenvalue weighted by atomic mass is 9.80. The molecule has 0 radical (unpaired) electrons. The van der Waals surface area contributed by atoms with Crippen molar-refractivity contribution in [2.75, 3.05) is 7.11 Å². The van der Waals surface area contributed by atoms with Crippen LogP contribution in [0.3, 0.4) is 0 Å². The van der Waals surface area contributed by atoms with E-state index >= 15 is 0 Å². The molecule has 3 nitrogen and oxygen atoms in total. The lowest BCUT2D eigenvalue weighted by Crippen LogP contribution is -2.23. The van der Waals surface area contributed by atoms with Crippen molar-refractivity contribution >= 4 is 12.2 Å². The second-order valence-corrected chi connectivity index (χ2v) is 4.35. The van der Waals surface area contributed by atoms with Gasteiger partial charge in [-0.3, -0.25) is 4.99 Å². The quantitative estimate of drug-likeness (QED) is 0.406. The van der Waals surface area contributed by atoms with Crippen LogP contribution in [-0.2, 0) is 9.53 Å². The predicted octanol–water partition coefficient (Wildman–Crippen LogP) is 2.37. The molecule has 0 aromatic carbocycles. The third-order valence-corrected chi connectivity index (χ3v) is 2.79. The van der Waals surface area contributed by atoms with Gasteiger partial charge in [0.15, 0.2) is 0 Å². The van der Waals surface area contributed by atoms with Gasteiger partial charge in [-0.1, -0.05) is 19.1 Å². The minimum atomic E-state index is -0.391. The van der Waals surface area contributed by atoms with Crippen molar-refractivity contribution in [2.24, 2.45) is 10.4 Å². The highest BCUT2D eigenvalue weighted by Crippen LogP contribution is 2.30. The van der Waals surface area contributed by atoms with Gasteiger partial charge in [-0.2, -0.15) is 0 Å². The minimum absolute atomic E-state index is 0.108. The topological polar surface area (TPSA) is 38.7 Å². The number of rotatable bonds is 3. The maximum absolute atomic E-state index is 11.1. The average Bonchev–Trinajstić information content (AvgIpc) is 2.26. The molecule has 0 saturated carbocycles. The van der Waals surface area contributed by atoms with E-state index in [4.69, 9.17) is 0 Å². The van der Waals surface area contributed by atoms with Crippen LogP contribution in [0.1, 0.15) is 33.1 Å². The summed E-state index contributed by atoms with van der Waals surface area (Å²) < 4.78 is 4.62. The minimum Gasteiger partial charge on any atom is -0.467 e. The molecule has 0 fully saturated rings. The molecule has 0 saturated heterocycles. The fraction of sp³-hybridized carbons (Fsp3) is 0.667. The SMILES string of the molecule is COC(=O)C(C)/N=C/C1(C)CC=CCC1. The highest BCUT2D eigenvalue weighted by atomic mass is 16.5. The van der Waals surface area contributed by atoms with Crippen molar-refractivity contribution in [3.8, 4) is 0 Å². The average molecular weight is 209 g/mol. The van der Waals surface area contributed by atoms with Gasteiger partial charge in [-0.25, -0.2) is 4.79 Å². The van der Waals surface area contributed by atoms with E-state index in [-0.39, 0.29) is 11.4 Å². The van der Waals surface area contributed by atoms with Crippen molar-refractivity contribution in [3.05, 3.63) is 12.2 Å². The number of ether oxygens (including phenoxy) is 1. The molecule has 0 aromatic heterocycles.